The molecule has 3 unspecified atom stereocenters. The zero-order valence-electron chi connectivity index (χ0n) is 17.5. The van der Waals surface area contributed by atoms with Crippen molar-refractivity contribution < 1.29 is 26.7 Å². The standard InChI is InChI=1S/C21H20F5N5O2/c1-20(23,17(22)18(28)29(2)11-27)13-4-3-5-14(7-13)30-9-16-15(21(24,25)26)6-12(10-32)8-31(16)19(30)33/h3-4,6-11,14,17,27-28H,5H2,1-2H3. The minimum atomic E-state index is -4.84. The van der Waals surface area contributed by atoms with Gasteiger partial charge in [-0.2, -0.15) is 13.2 Å². The van der Waals surface area contributed by atoms with Crippen molar-refractivity contribution in [3.05, 3.63) is 63.9 Å². The highest BCUT2D eigenvalue weighted by atomic mass is 19.4. The molecule has 0 aliphatic heterocycles. The van der Waals surface area contributed by atoms with Gasteiger partial charge in [0.1, 0.15) is 5.84 Å². The molecule has 0 aromatic carbocycles. The molecule has 1 aliphatic rings. The monoisotopic (exact) mass is 469 g/mol. The number of nitrogens with zero attached hydrogens (tertiary/aromatic N) is 3. The molecule has 2 aromatic rings. The first kappa shape index (κ1) is 24.1. The number of nitrogens with one attached hydrogen (secondary N) is 2. The van der Waals surface area contributed by atoms with Crippen molar-refractivity contribution in [3.63, 3.8) is 0 Å². The zero-order chi connectivity index (χ0) is 24.7. The Morgan fingerprint density at radius 3 is 2.55 bits per heavy atom. The fourth-order valence-corrected chi connectivity index (χ4v) is 3.59. The predicted octanol–water partition coefficient (Wildman–Crippen LogP) is 3.94. The first-order valence-electron chi connectivity index (χ1n) is 9.66. The van der Waals surface area contributed by atoms with Gasteiger partial charge < -0.3 is 4.90 Å². The van der Waals surface area contributed by atoms with Crippen molar-refractivity contribution in [1.29, 1.82) is 10.8 Å². The molecule has 0 fully saturated rings. The molecule has 2 N–H and O–H groups in total. The maximum Gasteiger partial charge on any atom is 0.418 e. The van der Waals surface area contributed by atoms with Crippen LogP contribution >= 0.6 is 0 Å². The molecule has 3 rings (SSSR count). The maximum absolute atomic E-state index is 15.4. The van der Waals surface area contributed by atoms with E-state index in [2.05, 4.69) is 0 Å². The largest absolute Gasteiger partial charge is 0.418 e. The minimum absolute atomic E-state index is 0.118. The number of amidine groups is 1. The van der Waals surface area contributed by atoms with E-state index in [4.69, 9.17) is 10.8 Å². The molecular formula is C21H20F5N5O2. The first-order chi connectivity index (χ1) is 15.3. The molecule has 2 aromatic heterocycles. The number of allylic oxidation sites excluding steroid dienone is 4. The molecule has 1 aliphatic carbocycles. The van der Waals surface area contributed by atoms with Gasteiger partial charge in [-0.05, 0) is 25.0 Å². The number of fused-ring (bicyclic) bond motifs is 1. The number of hydrogen-bond donors (Lipinski definition) is 2. The summed E-state index contributed by atoms with van der Waals surface area (Å²) in [7, 11) is 1.21. The van der Waals surface area contributed by atoms with Crippen molar-refractivity contribution in [3.8, 4) is 0 Å². The van der Waals surface area contributed by atoms with Crippen LogP contribution in [-0.2, 0) is 6.18 Å². The number of rotatable bonds is 6. The van der Waals surface area contributed by atoms with Crippen molar-refractivity contribution >= 4 is 24.0 Å². The summed E-state index contributed by atoms with van der Waals surface area (Å²) in [5.74, 6) is -0.797. The van der Waals surface area contributed by atoms with Gasteiger partial charge in [-0.15, -0.1) is 0 Å². The quantitative estimate of drug-likeness (QED) is 0.290. The van der Waals surface area contributed by atoms with Crippen LogP contribution in [0.2, 0.25) is 0 Å². The highest BCUT2D eigenvalue weighted by molar-refractivity contribution is 5.93. The van der Waals surface area contributed by atoms with Crippen LogP contribution in [0.5, 0.6) is 0 Å². The summed E-state index contributed by atoms with van der Waals surface area (Å²) < 4.78 is 72.4. The van der Waals surface area contributed by atoms with Crippen LogP contribution in [0, 0.1) is 10.8 Å². The van der Waals surface area contributed by atoms with Gasteiger partial charge >= 0.3 is 11.9 Å². The second-order valence-electron chi connectivity index (χ2n) is 7.77. The summed E-state index contributed by atoms with van der Waals surface area (Å²) in [5, 5.41) is 14.8. The number of hydrogen-bond acceptors (Lipinski definition) is 4. The molecule has 3 atom stereocenters. The predicted molar refractivity (Wildman–Crippen MR) is 112 cm³/mol. The number of halogens is 5. The Labute approximate surface area is 184 Å². The molecule has 0 amide bonds. The second kappa shape index (κ2) is 8.41. The molecule has 33 heavy (non-hydrogen) atoms. The summed E-state index contributed by atoms with van der Waals surface area (Å²) in [5.41, 5.74) is -5.82. The van der Waals surface area contributed by atoms with Gasteiger partial charge in [-0.25, -0.2) is 13.6 Å². The molecular weight excluding hydrogens is 449 g/mol. The van der Waals surface area contributed by atoms with Gasteiger partial charge in [0.2, 0.25) is 0 Å². The third kappa shape index (κ3) is 4.24. The average molecular weight is 469 g/mol. The second-order valence-corrected chi connectivity index (χ2v) is 7.77. The summed E-state index contributed by atoms with van der Waals surface area (Å²) in [6, 6.07) is -0.304. The fraction of sp³-hybridized carbons (Fsp3) is 0.333. The highest BCUT2D eigenvalue weighted by Gasteiger charge is 2.42. The van der Waals surface area contributed by atoms with Gasteiger partial charge in [0.25, 0.3) is 0 Å². The van der Waals surface area contributed by atoms with E-state index in [1.165, 1.54) is 25.3 Å². The van der Waals surface area contributed by atoms with E-state index in [0.29, 0.717) is 16.8 Å². The third-order valence-electron chi connectivity index (χ3n) is 5.51. The molecule has 7 nitrogen and oxygen atoms in total. The summed E-state index contributed by atoms with van der Waals surface area (Å²) in [6.45, 7) is 0.902. The average Bonchev–Trinajstić information content (AvgIpc) is 3.12. The number of pyridine rings is 1. The van der Waals surface area contributed by atoms with E-state index in [1.807, 2.05) is 0 Å². The molecule has 12 heteroatoms. The van der Waals surface area contributed by atoms with Crippen LogP contribution in [0.3, 0.4) is 0 Å². The van der Waals surface area contributed by atoms with Crippen LogP contribution in [0.15, 0.2) is 47.1 Å². The highest BCUT2D eigenvalue weighted by Crippen LogP contribution is 2.36. The molecule has 0 spiro atoms. The number of carbonyl (C=O) groups is 1. The van der Waals surface area contributed by atoms with Crippen molar-refractivity contribution in [2.45, 2.75) is 37.4 Å². The Morgan fingerprint density at radius 2 is 1.97 bits per heavy atom. The lowest BCUT2D eigenvalue weighted by Gasteiger charge is -2.31. The van der Waals surface area contributed by atoms with Crippen molar-refractivity contribution in [2.24, 2.45) is 0 Å². The Hall–Kier alpha value is -3.57. The van der Waals surface area contributed by atoms with Crippen LogP contribution in [0.25, 0.3) is 5.52 Å². The molecule has 0 radical (unpaired) electrons. The number of alkyl halides is 5. The SMILES string of the molecule is CN(C=N)C(=N)C(F)C(C)(F)C1=CC(n2cc3c(C(F)(F)F)cc(C=O)cn3c2=O)CC=C1. The van der Waals surface area contributed by atoms with Gasteiger partial charge in [-0.1, -0.05) is 18.2 Å². The number of aldehydes is 1. The molecule has 0 saturated carbocycles. The third-order valence-corrected chi connectivity index (χ3v) is 5.51. The van der Waals surface area contributed by atoms with E-state index >= 15 is 4.39 Å². The van der Waals surface area contributed by atoms with Gasteiger partial charge in [-0.3, -0.25) is 24.6 Å². The lowest BCUT2D eigenvalue weighted by Crippen LogP contribution is -2.45. The van der Waals surface area contributed by atoms with Gasteiger partial charge in [0, 0.05) is 25.0 Å². The summed E-state index contributed by atoms with van der Waals surface area (Å²) >= 11 is 0. The topological polar surface area (TPSA) is 94.4 Å². The van der Waals surface area contributed by atoms with Crippen molar-refractivity contribution in [2.75, 3.05) is 7.05 Å². The summed E-state index contributed by atoms with van der Waals surface area (Å²) in [4.78, 5) is 24.7. The fourth-order valence-electron chi connectivity index (χ4n) is 3.59. The van der Waals surface area contributed by atoms with E-state index in [-0.39, 0.29) is 23.8 Å². The minimum Gasteiger partial charge on any atom is -0.322 e. The van der Waals surface area contributed by atoms with Crippen LogP contribution < -0.4 is 5.69 Å². The van der Waals surface area contributed by atoms with Crippen molar-refractivity contribution in [1.82, 2.24) is 13.9 Å². The molecule has 176 valence electrons. The normalized spacial score (nSPS) is 19.0. The van der Waals surface area contributed by atoms with Crippen LogP contribution in [0.1, 0.15) is 35.3 Å². The first-order valence-corrected chi connectivity index (χ1v) is 9.66. The van der Waals surface area contributed by atoms with E-state index < -0.39 is 46.7 Å². The maximum atomic E-state index is 15.4. The Morgan fingerprint density at radius 1 is 1.30 bits per heavy atom. The molecule has 0 saturated heterocycles. The Kier molecular flexibility index (Phi) is 6.14. The number of imidazole rings is 1. The number of carbonyl (C=O) groups excluding carboxylic acids is 1. The lowest BCUT2D eigenvalue weighted by atomic mass is 9.86. The molecule has 2 heterocycles. The summed E-state index contributed by atoms with van der Waals surface area (Å²) in [6.07, 6.45) is -0.431. The smallest absolute Gasteiger partial charge is 0.322 e. The van der Waals surface area contributed by atoms with E-state index in [1.54, 1.807) is 0 Å². The van der Waals surface area contributed by atoms with Gasteiger partial charge in [0.05, 0.1) is 23.5 Å². The zero-order valence-corrected chi connectivity index (χ0v) is 17.5. The van der Waals surface area contributed by atoms with Crippen LogP contribution in [-0.4, -0.2) is 51.2 Å². The number of aromatic nitrogens is 2. The molecule has 0 bridgehead atoms. The van der Waals surface area contributed by atoms with Gasteiger partial charge in [0.15, 0.2) is 18.1 Å². The Bertz CT molecular complexity index is 1240. The van der Waals surface area contributed by atoms with Crippen LogP contribution in [0.4, 0.5) is 22.0 Å². The van der Waals surface area contributed by atoms with E-state index in [9.17, 15) is 27.2 Å². The lowest BCUT2D eigenvalue weighted by molar-refractivity contribution is -0.136. The Balaban J connectivity index is 2.10. The van der Waals surface area contributed by atoms with E-state index in [0.717, 1.165) is 28.8 Å².